The van der Waals surface area contributed by atoms with Gasteiger partial charge in [0.2, 0.25) is 0 Å². The van der Waals surface area contributed by atoms with Crippen molar-refractivity contribution in [1.82, 2.24) is 0 Å². The number of aryl methyl sites for hydroxylation is 1. The molecule has 0 aliphatic heterocycles. The van der Waals surface area contributed by atoms with Gasteiger partial charge in [-0.15, -0.1) is 0 Å². The SMILES string of the molecule is CCc1ccc(N=Cc2cc(Br)c(OCc3cccc4ccccc34)c(Br)c2)cc1. The number of rotatable bonds is 6. The lowest BCUT2D eigenvalue weighted by Gasteiger charge is -2.13. The van der Waals surface area contributed by atoms with Crippen LogP contribution >= 0.6 is 31.9 Å². The van der Waals surface area contributed by atoms with Crippen molar-refractivity contribution in [1.29, 1.82) is 0 Å². The molecule has 0 aliphatic rings. The van der Waals surface area contributed by atoms with Crippen LogP contribution in [-0.2, 0) is 13.0 Å². The topological polar surface area (TPSA) is 21.6 Å². The normalized spacial score (nSPS) is 11.3. The molecule has 4 aromatic carbocycles. The minimum absolute atomic E-state index is 0.496. The van der Waals surface area contributed by atoms with E-state index in [4.69, 9.17) is 4.74 Å². The Bertz CT molecular complexity index is 1170. The van der Waals surface area contributed by atoms with Gasteiger partial charge < -0.3 is 4.74 Å². The van der Waals surface area contributed by atoms with Crippen LogP contribution in [0.3, 0.4) is 0 Å². The van der Waals surface area contributed by atoms with E-state index in [1.807, 2.05) is 30.5 Å². The maximum absolute atomic E-state index is 6.17. The summed E-state index contributed by atoms with van der Waals surface area (Å²) in [6.45, 7) is 2.65. The summed E-state index contributed by atoms with van der Waals surface area (Å²) < 4.78 is 7.94. The smallest absolute Gasteiger partial charge is 0.148 e. The van der Waals surface area contributed by atoms with E-state index in [1.54, 1.807) is 0 Å². The Morgan fingerprint density at radius 2 is 1.57 bits per heavy atom. The van der Waals surface area contributed by atoms with Gasteiger partial charge in [0, 0.05) is 6.21 Å². The molecule has 150 valence electrons. The molecule has 4 rings (SSSR count). The monoisotopic (exact) mass is 521 g/mol. The third kappa shape index (κ3) is 4.82. The van der Waals surface area contributed by atoms with Crippen LogP contribution in [-0.4, -0.2) is 6.21 Å². The zero-order valence-electron chi connectivity index (χ0n) is 16.6. The van der Waals surface area contributed by atoms with Crippen LogP contribution in [0.1, 0.15) is 23.6 Å². The van der Waals surface area contributed by atoms with Crippen molar-refractivity contribution in [3.63, 3.8) is 0 Å². The van der Waals surface area contributed by atoms with Crippen molar-refractivity contribution in [3.05, 3.63) is 104 Å². The van der Waals surface area contributed by atoms with Crippen molar-refractivity contribution >= 4 is 54.5 Å². The number of fused-ring (bicyclic) bond motifs is 1. The van der Waals surface area contributed by atoms with Gasteiger partial charge in [-0.2, -0.15) is 0 Å². The van der Waals surface area contributed by atoms with Crippen LogP contribution in [0.25, 0.3) is 10.8 Å². The fourth-order valence-electron chi connectivity index (χ4n) is 3.33. The second kappa shape index (κ2) is 9.59. The number of halogens is 2. The number of hydrogen-bond acceptors (Lipinski definition) is 2. The highest BCUT2D eigenvalue weighted by atomic mass is 79.9. The molecule has 0 heterocycles. The average Bonchev–Trinajstić information content (AvgIpc) is 2.77. The van der Waals surface area contributed by atoms with E-state index in [9.17, 15) is 0 Å². The average molecular weight is 523 g/mol. The van der Waals surface area contributed by atoms with Crippen molar-refractivity contribution in [2.45, 2.75) is 20.0 Å². The summed E-state index contributed by atoms with van der Waals surface area (Å²) in [4.78, 5) is 4.58. The van der Waals surface area contributed by atoms with Gasteiger partial charge in [-0.3, -0.25) is 4.99 Å². The Balaban J connectivity index is 1.51. The number of ether oxygens (including phenoxy) is 1. The van der Waals surface area contributed by atoms with Gasteiger partial charge in [0.25, 0.3) is 0 Å². The third-order valence-corrected chi connectivity index (χ3v) is 6.16. The molecule has 0 saturated carbocycles. The lowest BCUT2D eigenvalue weighted by Crippen LogP contribution is -1.98. The van der Waals surface area contributed by atoms with Gasteiger partial charge in [-0.05, 0) is 90.0 Å². The highest BCUT2D eigenvalue weighted by Crippen LogP contribution is 2.35. The van der Waals surface area contributed by atoms with Gasteiger partial charge >= 0.3 is 0 Å². The Labute approximate surface area is 193 Å². The maximum Gasteiger partial charge on any atom is 0.148 e. The van der Waals surface area contributed by atoms with Gasteiger partial charge in [0.05, 0.1) is 14.6 Å². The summed E-state index contributed by atoms with van der Waals surface area (Å²) in [6.07, 6.45) is 2.90. The van der Waals surface area contributed by atoms with Crippen molar-refractivity contribution in [3.8, 4) is 5.75 Å². The Morgan fingerprint density at radius 3 is 2.30 bits per heavy atom. The van der Waals surface area contributed by atoms with Crippen LogP contribution in [0.4, 0.5) is 5.69 Å². The molecule has 0 N–H and O–H groups in total. The molecule has 2 nitrogen and oxygen atoms in total. The van der Waals surface area contributed by atoms with E-state index in [0.29, 0.717) is 6.61 Å². The highest BCUT2D eigenvalue weighted by molar-refractivity contribution is 9.11. The summed E-state index contributed by atoms with van der Waals surface area (Å²) in [6, 6.07) is 27.0. The standard InChI is InChI=1S/C26H21Br2NO/c1-2-18-10-12-22(13-11-18)29-16-19-14-24(27)26(25(28)15-19)30-17-21-8-5-7-20-6-3-4-9-23(20)21/h3-16H,2,17H2,1H3. The maximum atomic E-state index is 6.17. The molecule has 0 saturated heterocycles. The largest absolute Gasteiger partial charge is 0.487 e. The first kappa shape index (κ1) is 20.8. The predicted octanol–water partition coefficient (Wildman–Crippen LogP) is 8.26. The highest BCUT2D eigenvalue weighted by Gasteiger charge is 2.10. The molecule has 0 amide bonds. The zero-order chi connectivity index (χ0) is 20.9. The fourth-order valence-corrected chi connectivity index (χ4v) is 4.78. The van der Waals surface area contributed by atoms with E-state index < -0.39 is 0 Å². The summed E-state index contributed by atoms with van der Waals surface area (Å²) in [5.74, 6) is 0.785. The van der Waals surface area contributed by atoms with Gasteiger partial charge in [-0.25, -0.2) is 0 Å². The molecule has 0 radical (unpaired) electrons. The first-order chi connectivity index (χ1) is 14.6. The number of benzene rings is 4. The molecule has 30 heavy (non-hydrogen) atoms. The van der Waals surface area contributed by atoms with E-state index in [2.05, 4.69) is 98.4 Å². The van der Waals surface area contributed by atoms with Crippen LogP contribution in [0.5, 0.6) is 5.75 Å². The first-order valence-electron chi connectivity index (χ1n) is 9.85. The number of nitrogens with zero attached hydrogens (tertiary/aromatic N) is 1. The quantitative estimate of drug-likeness (QED) is 0.233. The van der Waals surface area contributed by atoms with Crippen molar-refractivity contribution in [2.24, 2.45) is 4.99 Å². The van der Waals surface area contributed by atoms with Gasteiger partial charge in [0.15, 0.2) is 0 Å². The van der Waals surface area contributed by atoms with Crippen molar-refractivity contribution < 1.29 is 4.74 Å². The van der Waals surface area contributed by atoms with Crippen LogP contribution < -0.4 is 4.74 Å². The minimum atomic E-state index is 0.496. The Kier molecular flexibility index (Phi) is 6.66. The Hall–Kier alpha value is -2.43. The molecular formula is C26H21Br2NO. The molecule has 4 aromatic rings. The molecule has 0 bridgehead atoms. The molecule has 0 fully saturated rings. The number of hydrogen-bond donors (Lipinski definition) is 0. The molecule has 0 aliphatic carbocycles. The van der Waals surface area contributed by atoms with E-state index in [-0.39, 0.29) is 0 Å². The molecule has 0 unspecified atom stereocenters. The molecule has 0 atom stereocenters. The minimum Gasteiger partial charge on any atom is -0.487 e. The summed E-state index contributed by atoms with van der Waals surface area (Å²) in [5.41, 5.74) is 4.40. The van der Waals surface area contributed by atoms with Crippen LogP contribution in [0, 0.1) is 0 Å². The van der Waals surface area contributed by atoms with E-state index in [0.717, 1.165) is 37.9 Å². The third-order valence-electron chi connectivity index (χ3n) is 4.98. The van der Waals surface area contributed by atoms with Crippen LogP contribution in [0.15, 0.2) is 92.8 Å². The van der Waals surface area contributed by atoms with Crippen molar-refractivity contribution in [2.75, 3.05) is 0 Å². The first-order valence-corrected chi connectivity index (χ1v) is 11.4. The zero-order valence-corrected chi connectivity index (χ0v) is 19.8. The van der Waals surface area contributed by atoms with Gasteiger partial charge in [-0.1, -0.05) is 61.5 Å². The Morgan fingerprint density at radius 1 is 0.867 bits per heavy atom. The number of aliphatic imine (C=N–C) groups is 1. The summed E-state index contributed by atoms with van der Waals surface area (Å²) in [5, 5.41) is 2.43. The molecule has 0 aromatic heterocycles. The summed E-state index contributed by atoms with van der Waals surface area (Å²) in [7, 11) is 0. The lowest BCUT2D eigenvalue weighted by molar-refractivity contribution is 0.303. The molecular weight excluding hydrogens is 502 g/mol. The molecule has 0 spiro atoms. The van der Waals surface area contributed by atoms with E-state index >= 15 is 0 Å². The van der Waals surface area contributed by atoms with Crippen LogP contribution in [0.2, 0.25) is 0 Å². The van der Waals surface area contributed by atoms with Gasteiger partial charge in [0.1, 0.15) is 12.4 Å². The molecule has 4 heteroatoms. The lowest BCUT2D eigenvalue weighted by atomic mass is 10.1. The second-order valence-corrected chi connectivity index (χ2v) is 8.73. The van der Waals surface area contributed by atoms with E-state index in [1.165, 1.54) is 16.3 Å². The summed E-state index contributed by atoms with van der Waals surface area (Å²) >= 11 is 7.30. The fraction of sp³-hybridized carbons (Fsp3) is 0.115. The predicted molar refractivity (Wildman–Crippen MR) is 133 cm³/mol. The second-order valence-electron chi connectivity index (χ2n) is 7.02.